The Hall–Kier alpha value is -2.24. The van der Waals surface area contributed by atoms with E-state index in [0.29, 0.717) is 16.5 Å². The zero-order valence-corrected chi connectivity index (χ0v) is 14.3. The van der Waals surface area contributed by atoms with E-state index in [4.69, 9.17) is 32.7 Å². The molecule has 2 aromatic rings. The molecule has 0 heterocycles. The predicted molar refractivity (Wildman–Crippen MR) is 92.6 cm³/mol. The summed E-state index contributed by atoms with van der Waals surface area (Å²) in [6.45, 7) is 1.10. The molecule has 0 unspecified atom stereocenters. The Kier molecular flexibility index (Phi) is 6.46. The minimum absolute atomic E-state index is 0.281. The Morgan fingerprint density at radius 1 is 1.12 bits per heavy atom. The largest absolute Gasteiger partial charge is 0.477 e. The first kappa shape index (κ1) is 18.1. The minimum Gasteiger partial charge on any atom is -0.477 e. The molecule has 0 aliphatic rings. The topological polar surface area (TPSA) is 64.6 Å². The highest BCUT2D eigenvalue weighted by Crippen LogP contribution is 2.28. The third-order valence-electron chi connectivity index (χ3n) is 2.93. The number of benzene rings is 2. The van der Waals surface area contributed by atoms with Crippen molar-refractivity contribution in [2.24, 2.45) is 0 Å². The van der Waals surface area contributed by atoms with Crippen LogP contribution in [0.25, 0.3) is 0 Å². The molecule has 1 N–H and O–H groups in total. The maximum Gasteiger partial charge on any atom is 0.347 e. The van der Waals surface area contributed by atoms with E-state index in [1.807, 2.05) is 6.07 Å². The van der Waals surface area contributed by atoms with E-state index in [9.17, 15) is 9.59 Å². The molecule has 0 aliphatic carbocycles. The van der Waals surface area contributed by atoms with Crippen molar-refractivity contribution in [2.45, 2.75) is 13.0 Å². The van der Waals surface area contributed by atoms with Gasteiger partial charge in [0.05, 0.1) is 5.02 Å². The van der Waals surface area contributed by atoms with E-state index >= 15 is 0 Å². The lowest BCUT2D eigenvalue weighted by molar-refractivity contribution is -0.153. The van der Waals surface area contributed by atoms with Crippen molar-refractivity contribution in [3.8, 4) is 5.75 Å². The molecule has 0 spiro atoms. The number of nitrogens with one attached hydrogen (secondary N) is 1. The van der Waals surface area contributed by atoms with Gasteiger partial charge in [-0.05, 0) is 37.3 Å². The third-order valence-corrected chi connectivity index (χ3v) is 3.46. The smallest absolute Gasteiger partial charge is 0.347 e. The fourth-order valence-electron chi connectivity index (χ4n) is 1.78. The van der Waals surface area contributed by atoms with Crippen LogP contribution >= 0.6 is 23.2 Å². The Labute approximate surface area is 149 Å². The molecule has 0 fully saturated rings. The van der Waals surface area contributed by atoms with Crippen molar-refractivity contribution in [3.63, 3.8) is 0 Å². The van der Waals surface area contributed by atoms with Gasteiger partial charge in [-0.1, -0.05) is 41.4 Å². The van der Waals surface area contributed by atoms with Crippen molar-refractivity contribution in [1.29, 1.82) is 0 Å². The molecule has 2 rings (SSSR count). The van der Waals surface area contributed by atoms with Gasteiger partial charge in [0, 0.05) is 10.7 Å². The third kappa shape index (κ3) is 5.44. The normalized spacial score (nSPS) is 11.5. The fraction of sp³-hybridized carbons (Fsp3) is 0.176. The van der Waals surface area contributed by atoms with Crippen molar-refractivity contribution >= 4 is 40.8 Å². The number of hydrogen-bond donors (Lipinski definition) is 1. The first-order valence-electron chi connectivity index (χ1n) is 7.09. The molecule has 1 amide bonds. The van der Waals surface area contributed by atoms with Gasteiger partial charge in [-0.15, -0.1) is 0 Å². The van der Waals surface area contributed by atoms with Gasteiger partial charge in [0.15, 0.2) is 12.7 Å². The molecule has 0 saturated carbocycles. The van der Waals surface area contributed by atoms with Gasteiger partial charge in [-0.25, -0.2) is 4.79 Å². The molecule has 126 valence electrons. The van der Waals surface area contributed by atoms with Crippen LogP contribution in [0.4, 0.5) is 5.69 Å². The number of carbonyl (C=O) groups excluding carboxylic acids is 2. The molecular weight excluding hydrogens is 353 g/mol. The number of carbonyl (C=O) groups is 2. The number of para-hydroxylation sites is 1. The quantitative estimate of drug-likeness (QED) is 0.785. The number of ether oxygens (including phenoxy) is 2. The standard InChI is InChI=1S/C17H15Cl2NO4/c1-11(24-15-8-7-12(18)9-14(15)19)17(22)23-10-16(21)20-13-5-3-2-4-6-13/h2-9,11H,10H2,1H3,(H,20,21)/t11-/m1/s1. The molecule has 0 bridgehead atoms. The Bertz CT molecular complexity index is 722. The molecule has 0 aliphatic heterocycles. The summed E-state index contributed by atoms with van der Waals surface area (Å²) in [5.41, 5.74) is 0.621. The summed E-state index contributed by atoms with van der Waals surface area (Å²) in [5.74, 6) is -0.810. The summed E-state index contributed by atoms with van der Waals surface area (Å²) in [5, 5.41) is 3.35. The van der Waals surface area contributed by atoms with E-state index in [2.05, 4.69) is 5.32 Å². The summed E-state index contributed by atoms with van der Waals surface area (Å²) in [6, 6.07) is 13.5. The van der Waals surface area contributed by atoms with Gasteiger partial charge in [0.1, 0.15) is 5.75 Å². The van der Waals surface area contributed by atoms with Crippen LogP contribution in [0.3, 0.4) is 0 Å². The van der Waals surface area contributed by atoms with Crippen LogP contribution in [0.15, 0.2) is 48.5 Å². The molecule has 7 heteroatoms. The van der Waals surface area contributed by atoms with E-state index in [-0.39, 0.29) is 5.02 Å². The molecule has 0 radical (unpaired) electrons. The SMILES string of the molecule is C[C@@H](Oc1ccc(Cl)cc1Cl)C(=O)OCC(=O)Nc1ccccc1. The highest BCUT2D eigenvalue weighted by atomic mass is 35.5. The van der Waals surface area contributed by atoms with Gasteiger partial charge in [-0.2, -0.15) is 0 Å². The number of hydrogen-bond acceptors (Lipinski definition) is 4. The average Bonchev–Trinajstić information content (AvgIpc) is 2.56. The average molecular weight is 368 g/mol. The van der Waals surface area contributed by atoms with Gasteiger partial charge in [0.2, 0.25) is 0 Å². The Balaban J connectivity index is 1.82. The highest BCUT2D eigenvalue weighted by molar-refractivity contribution is 6.35. The number of halogens is 2. The predicted octanol–water partition coefficient (Wildman–Crippen LogP) is 3.94. The maximum absolute atomic E-state index is 11.9. The van der Waals surface area contributed by atoms with Crippen LogP contribution in [0, 0.1) is 0 Å². The van der Waals surface area contributed by atoms with Gasteiger partial charge in [0.25, 0.3) is 5.91 Å². The van der Waals surface area contributed by atoms with E-state index in [0.717, 1.165) is 0 Å². The second kappa shape index (κ2) is 8.57. The molecule has 5 nitrogen and oxygen atoms in total. The lowest BCUT2D eigenvalue weighted by atomic mass is 10.3. The minimum atomic E-state index is -0.923. The van der Waals surface area contributed by atoms with Crippen molar-refractivity contribution in [2.75, 3.05) is 11.9 Å². The molecule has 0 aromatic heterocycles. The summed E-state index contributed by atoms with van der Waals surface area (Å²) < 4.78 is 10.3. The molecule has 1 atom stereocenters. The lowest BCUT2D eigenvalue weighted by Gasteiger charge is -2.15. The Morgan fingerprint density at radius 3 is 2.50 bits per heavy atom. The highest BCUT2D eigenvalue weighted by Gasteiger charge is 2.19. The second-order valence-corrected chi connectivity index (χ2v) is 5.70. The van der Waals surface area contributed by atoms with Crippen LogP contribution in [0.1, 0.15) is 6.92 Å². The van der Waals surface area contributed by atoms with Crippen LogP contribution in [0.2, 0.25) is 10.0 Å². The van der Waals surface area contributed by atoms with E-state index in [1.165, 1.54) is 13.0 Å². The monoisotopic (exact) mass is 367 g/mol. The number of amides is 1. The summed E-state index contributed by atoms with van der Waals surface area (Å²) in [6.07, 6.45) is -0.923. The fourth-order valence-corrected chi connectivity index (χ4v) is 2.23. The first-order chi connectivity index (χ1) is 11.5. The summed E-state index contributed by atoms with van der Waals surface area (Å²) in [7, 11) is 0. The molecule has 2 aromatic carbocycles. The number of esters is 1. The van der Waals surface area contributed by atoms with Gasteiger partial charge in [-0.3, -0.25) is 4.79 Å². The van der Waals surface area contributed by atoms with E-state index < -0.39 is 24.6 Å². The zero-order chi connectivity index (χ0) is 17.5. The van der Waals surface area contributed by atoms with Crippen molar-refractivity contribution in [3.05, 3.63) is 58.6 Å². The zero-order valence-electron chi connectivity index (χ0n) is 12.8. The number of rotatable bonds is 6. The van der Waals surface area contributed by atoms with Crippen LogP contribution in [0.5, 0.6) is 5.75 Å². The summed E-state index contributed by atoms with van der Waals surface area (Å²) >= 11 is 11.8. The second-order valence-electron chi connectivity index (χ2n) is 4.86. The number of anilines is 1. The van der Waals surface area contributed by atoms with Gasteiger partial charge >= 0.3 is 5.97 Å². The molecular formula is C17H15Cl2NO4. The molecule has 0 saturated heterocycles. The van der Waals surface area contributed by atoms with Crippen molar-refractivity contribution < 1.29 is 19.1 Å². The summed E-state index contributed by atoms with van der Waals surface area (Å²) in [4.78, 5) is 23.6. The van der Waals surface area contributed by atoms with Gasteiger partial charge < -0.3 is 14.8 Å². The van der Waals surface area contributed by atoms with E-state index in [1.54, 1.807) is 36.4 Å². The lowest BCUT2D eigenvalue weighted by Crippen LogP contribution is -2.29. The molecule has 24 heavy (non-hydrogen) atoms. The van der Waals surface area contributed by atoms with Crippen LogP contribution in [-0.2, 0) is 14.3 Å². The maximum atomic E-state index is 11.9. The van der Waals surface area contributed by atoms with Crippen LogP contribution < -0.4 is 10.1 Å². The van der Waals surface area contributed by atoms with Crippen molar-refractivity contribution in [1.82, 2.24) is 0 Å². The van der Waals surface area contributed by atoms with Crippen LogP contribution in [-0.4, -0.2) is 24.6 Å². The first-order valence-corrected chi connectivity index (χ1v) is 7.84. The Morgan fingerprint density at radius 2 is 1.83 bits per heavy atom.